The molecule has 0 radical (unpaired) electrons. The summed E-state index contributed by atoms with van der Waals surface area (Å²) in [6.07, 6.45) is -2.62. The molecule has 0 bridgehead atoms. The van der Waals surface area contributed by atoms with Gasteiger partial charge in [-0.2, -0.15) is 17.5 Å². The number of amides is 1. The van der Waals surface area contributed by atoms with Crippen LogP contribution in [0.4, 0.5) is 18.3 Å². The Kier molecular flexibility index (Phi) is 6.04. The molecule has 1 aromatic carbocycles. The summed E-state index contributed by atoms with van der Waals surface area (Å²) in [6.45, 7) is 2.04. The minimum Gasteiger partial charge on any atom is -0.464 e. The topological polar surface area (TPSA) is 71.3 Å². The Bertz CT molecular complexity index is 997. The Labute approximate surface area is 169 Å². The van der Waals surface area contributed by atoms with E-state index in [1.165, 1.54) is 24.5 Å². The van der Waals surface area contributed by atoms with E-state index < -0.39 is 17.6 Å². The van der Waals surface area contributed by atoms with Gasteiger partial charge in [0.05, 0.1) is 11.1 Å². The van der Waals surface area contributed by atoms with Gasteiger partial charge in [0.15, 0.2) is 0 Å². The number of benzene rings is 1. The molecule has 3 aromatic rings. The molecule has 154 valence electrons. The molecule has 3 rings (SSSR count). The summed E-state index contributed by atoms with van der Waals surface area (Å²) in [7, 11) is 3.92. The van der Waals surface area contributed by atoms with Gasteiger partial charge in [0.25, 0.3) is 5.91 Å². The maximum atomic E-state index is 12.9. The second-order valence-electron chi connectivity index (χ2n) is 6.76. The zero-order valence-corrected chi connectivity index (χ0v) is 16.8. The molecule has 0 aliphatic carbocycles. The van der Waals surface area contributed by atoms with Gasteiger partial charge in [0.1, 0.15) is 17.8 Å². The van der Waals surface area contributed by atoms with Crippen molar-refractivity contribution in [3.63, 3.8) is 0 Å². The third-order valence-corrected chi connectivity index (χ3v) is 5.05. The highest BCUT2D eigenvalue weighted by atomic mass is 32.1. The van der Waals surface area contributed by atoms with Crippen LogP contribution in [0.2, 0.25) is 0 Å². The molecule has 0 spiro atoms. The number of furan rings is 1. The van der Waals surface area contributed by atoms with E-state index in [2.05, 4.69) is 14.7 Å². The Morgan fingerprint density at radius 2 is 2.07 bits per heavy atom. The summed E-state index contributed by atoms with van der Waals surface area (Å²) in [4.78, 5) is 18.7. The van der Waals surface area contributed by atoms with Gasteiger partial charge in [0.2, 0.25) is 5.13 Å². The smallest absolute Gasteiger partial charge is 0.416 e. The summed E-state index contributed by atoms with van der Waals surface area (Å²) in [5.74, 6) is 0.317. The Morgan fingerprint density at radius 3 is 2.76 bits per heavy atom. The molecule has 1 unspecified atom stereocenters. The fourth-order valence-electron chi connectivity index (χ4n) is 2.46. The van der Waals surface area contributed by atoms with Gasteiger partial charge in [-0.1, -0.05) is 12.1 Å². The van der Waals surface area contributed by atoms with Crippen molar-refractivity contribution < 1.29 is 22.4 Å². The van der Waals surface area contributed by atoms with Crippen LogP contribution in [0.1, 0.15) is 28.7 Å². The lowest BCUT2D eigenvalue weighted by atomic mass is 10.1. The second kappa shape index (κ2) is 8.34. The molecule has 2 aromatic heterocycles. The number of alkyl halides is 3. The van der Waals surface area contributed by atoms with E-state index in [0.29, 0.717) is 17.4 Å². The third-order valence-electron chi connectivity index (χ3n) is 4.38. The minimum atomic E-state index is -4.46. The quantitative estimate of drug-likeness (QED) is 0.628. The number of nitrogens with one attached hydrogen (secondary N) is 1. The first-order chi connectivity index (χ1) is 13.6. The number of nitrogens with zero attached hydrogens (tertiary/aromatic N) is 3. The zero-order chi connectivity index (χ0) is 21.2. The van der Waals surface area contributed by atoms with Gasteiger partial charge >= 0.3 is 6.18 Å². The molecule has 0 aliphatic rings. The van der Waals surface area contributed by atoms with Crippen molar-refractivity contribution in [2.45, 2.75) is 25.6 Å². The Balaban J connectivity index is 1.70. The number of carbonyl (C=O) groups is 1. The van der Waals surface area contributed by atoms with E-state index in [4.69, 9.17) is 4.42 Å². The van der Waals surface area contributed by atoms with Crippen molar-refractivity contribution in [1.82, 2.24) is 14.3 Å². The summed E-state index contributed by atoms with van der Waals surface area (Å²) >= 11 is 1.07. The maximum absolute atomic E-state index is 12.9. The zero-order valence-electron chi connectivity index (χ0n) is 15.9. The number of likely N-dealkylation sites (N-methyl/N-ethyl adjacent to an activating group) is 1. The SMILES string of the molecule is CC(Cc1nsc(NC(=O)c2coc(-c3cccc(C(F)(F)F)c3)c2)n1)N(C)C. The van der Waals surface area contributed by atoms with E-state index in [0.717, 1.165) is 23.7 Å². The van der Waals surface area contributed by atoms with E-state index >= 15 is 0 Å². The molecular weight excluding hydrogens is 405 g/mol. The van der Waals surface area contributed by atoms with Gasteiger partial charge < -0.3 is 9.32 Å². The molecule has 0 fully saturated rings. The highest BCUT2D eigenvalue weighted by Crippen LogP contribution is 2.32. The van der Waals surface area contributed by atoms with E-state index in [9.17, 15) is 18.0 Å². The summed E-state index contributed by atoms with van der Waals surface area (Å²) in [5.41, 5.74) is -0.378. The third kappa shape index (κ3) is 5.21. The van der Waals surface area contributed by atoms with Crippen LogP contribution in [0.25, 0.3) is 11.3 Å². The van der Waals surface area contributed by atoms with Crippen LogP contribution in [0.3, 0.4) is 0 Å². The lowest BCUT2D eigenvalue weighted by molar-refractivity contribution is -0.137. The van der Waals surface area contributed by atoms with Crippen molar-refractivity contribution in [3.8, 4) is 11.3 Å². The van der Waals surface area contributed by atoms with E-state index in [1.807, 2.05) is 25.9 Å². The monoisotopic (exact) mass is 424 g/mol. The van der Waals surface area contributed by atoms with Gasteiger partial charge in [-0.05, 0) is 39.2 Å². The van der Waals surface area contributed by atoms with Crippen LogP contribution >= 0.6 is 11.5 Å². The molecule has 0 saturated carbocycles. The van der Waals surface area contributed by atoms with Crippen LogP contribution < -0.4 is 5.32 Å². The predicted octanol–water partition coefficient (Wildman–Crippen LogP) is 4.56. The van der Waals surface area contributed by atoms with Crippen LogP contribution in [-0.2, 0) is 12.6 Å². The largest absolute Gasteiger partial charge is 0.464 e. The van der Waals surface area contributed by atoms with Crippen molar-refractivity contribution in [2.24, 2.45) is 0 Å². The molecular formula is C19H19F3N4O2S. The number of halogens is 3. The molecule has 0 saturated heterocycles. The molecule has 0 aliphatic heterocycles. The van der Waals surface area contributed by atoms with Crippen molar-refractivity contribution in [1.29, 1.82) is 0 Å². The first-order valence-corrected chi connectivity index (χ1v) is 9.47. The Morgan fingerprint density at radius 1 is 1.31 bits per heavy atom. The number of anilines is 1. The predicted molar refractivity (Wildman–Crippen MR) is 104 cm³/mol. The van der Waals surface area contributed by atoms with E-state index in [1.54, 1.807) is 0 Å². The van der Waals surface area contributed by atoms with Crippen molar-refractivity contribution in [3.05, 3.63) is 53.5 Å². The summed E-state index contributed by atoms with van der Waals surface area (Å²) < 4.78 is 48.2. The molecule has 1 N–H and O–H groups in total. The van der Waals surface area contributed by atoms with E-state index in [-0.39, 0.29) is 22.9 Å². The fraction of sp³-hybridized carbons (Fsp3) is 0.316. The van der Waals surface area contributed by atoms with Gasteiger partial charge in [-0.25, -0.2) is 4.98 Å². The highest BCUT2D eigenvalue weighted by Gasteiger charge is 2.30. The lowest BCUT2D eigenvalue weighted by Crippen LogP contribution is -2.27. The molecule has 1 atom stereocenters. The minimum absolute atomic E-state index is 0.166. The van der Waals surface area contributed by atoms with Gasteiger partial charge in [-0.15, -0.1) is 0 Å². The normalized spacial score (nSPS) is 12.9. The maximum Gasteiger partial charge on any atom is 0.416 e. The lowest BCUT2D eigenvalue weighted by Gasteiger charge is -2.17. The summed E-state index contributed by atoms with van der Waals surface area (Å²) in [5, 5.41) is 2.98. The molecule has 6 nitrogen and oxygen atoms in total. The average Bonchev–Trinajstić information content (AvgIpc) is 3.31. The molecule has 1 amide bonds. The first kappa shape index (κ1) is 21.0. The standard InChI is InChI=1S/C19H19F3N4O2S/c1-11(26(2)3)7-16-23-18(29-25-16)24-17(27)13-9-15(28-10-13)12-5-4-6-14(8-12)19(20,21)22/h4-6,8-11H,7H2,1-3H3,(H,23,24,25,27). The first-order valence-electron chi connectivity index (χ1n) is 8.70. The van der Waals surface area contributed by atoms with Crippen LogP contribution in [0, 0.1) is 0 Å². The number of carbonyl (C=O) groups excluding carboxylic acids is 1. The van der Waals surface area contributed by atoms with Crippen LogP contribution in [0.15, 0.2) is 41.0 Å². The summed E-state index contributed by atoms with van der Waals surface area (Å²) in [6, 6.07) is 6.36. The van der Waals surface area contributed by atoms with Crippen LogP contribution in [-0.4, -0.2) is 40.3 Å². The highest BCUT2D eigenvalue weighted by molar-refractivity contribution is 7.09. The fourth-order valence-corrected chi connectivity index (χ4v) is 3.05. The molecule has 29 heavy (non-hydrogen) atoms. The van der Waals surface area contributed by atoms with Gasteiger partial charge in [0, 0.05) is 29.6 Å². The molecule has 10 heteroatoms. The van der Waals surface area contributed by atoms with Gasteiger partial charge in [-0.3, -0.25) is 10.1 Å². The average molecular weight is 424 g/mol. The number of hydrogen-bond acceptors (Lipinski definition) is 6. The van der Waals surface area contributed by atoms with Crippen molar-refractivity contribution >= 4 is 22.6 Å². The van der Waals surface area contributed by atoms with Crippen molar-refractivity contribution in [2.75, 3.05) is 19.4 Å². The second-order valence-corrected chi connectivity index (χ2v) is 7.52. The Hall–Kier alpha value is -2.72. The molecule has 2 heterocycles. The van der Waals surface area contributed by atoms with Crippen LogP contribution in [0.5, 0.6) is 0 Å². The number of hydrogen-bond donors (Lipinski definition) is 1. The number of rotatable bonds is 6. The number of aromatic nitrogens is 2.